The molecule has 0 atom stereocenters. The van der Waals surface area contributed by atoms with Crippen molar-refractivity contribution in [3.63, 3.8) is 0 Å². The molecular weight excluding hydrogens is 386 g/mol. The van der Waals surface area contributed by atoms with E-state index in [0.29, 0.717) is 22.1 Å². The van der Waals surface area contributed by atoms with Crippen molar-refractivity contribution in [3.05, 3.63) is 70.2 Å². The minimum absolute atomic E-state index is 0.119. The molecule has 0 aliphatic carbocycles. The first-order valence-electron chi connectivity index (χ1n) is 7.70. The molecule has 7 heteroatoms. The molecule has 0 saturated carbocycles. The van der Waals surface area contributed by atoms with Crippen LogP contribution >= 0.6 is 15.9 Å². The molecule has 25 heavy (non-hydrogen) atoms. The number of carbonyl (C=O) groups is 3. The summed E-state index contributed by atoms with van der Waals surface area (Å²) in [4.78, 5) is 35.5. The quantitative estimate of drug-likeness (QED) is 0.615. The Morgan fingerprint density at radius 3 is 2.12 bits per heavy atom. The third-order valence-electron chi connectivity index (χ3n) is 3.30. The van der Waals surface area contributed by atoms with Gasteiger partial charge in [0.1, 0.15) is 0 Å². The number of nitrogens with one attached hydrogen (secondary N) is 3. The highest BCUT2D eigenvalue weighted by atomic mass is 79.9. The molecule has 3 amide bonds. The summed E-state index contributed by atoms with van der Waals surface area (Å²) in [6, 6.07) is 15.7. The van der Waals surface area contributed by atoms with Crippen LogP contribution in [0.1, 0.15) is 20.7 Å². The fourth-order valence-corrected chi connectivity index (χ4v) is 2.50. The third-order valence-corrected chi connectivity index (χ3v) is 3.99. The van der Waals surface area contributed by atoms with Gasteiger partial charge in [-0.3, -0.25) is 14.4 Å². The van der Waals surface area contributed by atoms with Crippen molar-refractivity contribution in [2.45, 2.75) is 0 Å². The van der Waals surface area contributed by atoms with Gasteiger partial charge < -0.3 is 16.0 Å². The van der Waals surface area contributed by atoms with Crippen molar-refractivity contribution in [1.29, 1.82) is 0 Å². The molecule has 0 spiro atoms. The van der Waals surface area contributed by atoms with Gasteiger partial charge in [0.25, 0.3) is 11.8 Å². The Kier molecular flexibility index (Phi) is 7.16. The molecule has 0 unspecified atom stereocenters. The summed E-state index contributed by atoms with van der Waals surface area (Å²) in [5.74, 6) is -0.850. The number of amides is 3. The van der Waals surface area contributed by atoms with Gasteiger partial charge in [-0.15, -0.1) is 0 Å². The van der Waals surface area contributed by atoms with E-state index in [1.54, 1.807) is 42.5 Å². The van der Waals surface area contributed by atoms with Gasteiger partial charge in [0.2, 0.25) is 5.91 Å². The van der Waals surface area contributed by atoms with E-state index in [2.05, 4.69) is 31.9 Å². The summed E-state index contributed by atoms with van der Waals surface area (Å²) in [6.45, 7) is 0.445. The molecule has 0 saturated heterocycles. The summed E-state index contributed by atoms with van der Waals surface area (Å²) >= 11 is 3.31. The predicted molar refractivity (Wildman–Crippen MR) is 98.3 cm³/mol. The van der Waals surface area contributed by atoms with E-state index in [1.165, 1.54) is 0 Å². The molecule has 2 aromatic carbocycles. The molecule has 2 rings (SSSR count). The highest BCUT2D eigenvalue weighted by Gasteiger charge is 2.09. The van der Waals surface area contributed by atoms with Crippen molar-refractivity contribution in [1.82, 2.24) is 16.0 Å². The van der Waals surface area contributed by atoms with Crippen molar-refractivity contribution in [2.75, 3.05) is 19.6 Å². The van der Waals surface area contributed by atoms with Gasteiger partial charge in [-0.1, -0.05) is 30.3 Å². The van der Waals surface area contributed by atoms with Crippen LogP contribution in [0.3, 0.4) is 0 Å². The molecule has 0 fully saturated rings. The van der Waals surface area contributed by atoms with Crippen LogP contribution in [0.4, 0.5) is 0 Å². The number of hydrogen-bond acceptors (Lipinski definition) is 3. The van der Waals surface area contributed by atoms with E-state index in [9.17, 15) is 14.4 Å². The van der Waals surface area contributed by atoms with Gasteiger partial charge in [-0.2, -0.15) is 0 Å². The first-order chi connectivity index (χ1) is 12.1. The Hall–Kier alpha value is -2.67. The third kappa shape index (κ3) is 6.04. The van der Waals surface area contributed by atoms with Gasteiger partial charge in [0.15, 0.2) is 0 Å². The molecule has 0 bridgehead atoms. The maximum Gasteiger partial charge on any atom is 0.252 e. The van der Waals surface area contributed by atoms with Crippen molar-refractivity contribution in [3.8, 4) is 0 Å². The van der Waals surface area contributed by atoms with Gasteiger partial charge in [0, 0.05) is 23.1 Å². The largest absolute Gasteiger partial charge is 0.353 e. The maximum atomic E-state index is 12.0. The molecule has 3 N–H and O–H groups in total. The normalized spacial score (nSPS) is 9.96. The lowest BCUT2D eigenvalue weighted by Gasteiger charge is -2.09. The average Bonchev–Trinajstić information content (AvgIpc) is 2.64. The molecular formula is C18H18BrN3O3. The number of halogens is 1. The summed E-state index contributed by atoms with van der Waals surface area (Å²) in [5, 5.41) is 7.88. The van der Waals surface area contributed by atoms with Crippen LogP contribution in [-0.4, -0.2) is 37.4 Å². The van der Waals surface area contributed by atoms with E-state index >= 15 is 0 Å². The minimum atomic E-state index is -0.320. The summed E-state index contributed by atoms with van der Waals surface area (Å²) < 4.78 is 0.708. The Morgan fingerprint density at radius 1 is 0.760 bits per heavy atom. The van der Waals surface area contributed by atoms with Crippen LogP contribution in [0.15, 0.2) is 59.1 Å². The Bertz CT molecular complexity index is 750. The smallest absolute Gasteiger partial charge is 0.252 e. The highest BCUT2D eigenvalue weighted by molar-refractivity contribution is 9.10. The molecule has 6 nitrogen and oxygen atoms in total. The van der Waals surface area contributed by atoms with Gasteiger partial charge in [-0.05, 0) is 40.2 Å². The van der Waals surface area contributed by atoms with Crippen LogP contribution in [0.5, 0.6) is 0 Å². The van der Waals surface area contributed by atoms with Crippen molar-refractivity contribution >= 4 is 33.7 Å². The van der Waals surface area contributed by atoms with E-state index in [0.717, 1.165) is 0 Å². The van der Waals surface area contributed by atoms with Crippen LogP contribution in [0, 0.1) is 0 Å². The molecule has 0 aliphatic rings. The molecule has 0 heterocycles. The first kappa shape index (κ1) is 18.7. The number of carbonyl (C=O) groups excluding carboxylic acids is 3. The fraction of sp³-hybridized carbons (Fsp3) is 0.167. The van der Waals surface area contributed by atoms with Crippen molar-refractivity contribution < 1.29 is 14.4 Å². The van der Waals surface area contributed by atoms with E-state index in [1.807, 2.05) is 12.1 Å². The SMILES string of the molecule is O=C(CNC(=O)c1ccccc1)NCCNC(=O)c1ccccc1Br. The molecule has 0 aromatic heterocycles. The van der Waals surface area contributed by atoms with E-state index in [-0.39, 0.29) is 30.8 Å². The standard InChI is InChI=1S/C18H18BrN3O3/c19-15-9-5-4-8-14(15)18(25)21-11-10-20-16(23)12-22-17(24)13-6-2-1-3-7-13/h1-9H,10-12H2,(H,20,23)(H,21,25)(H,22,24). The number of rotatable bonds is 7. The molecule has 0 radical (unpaired) electrons. The van der Waals surface area contributed by atoms with Crippen molar-refractivity contribution in [2.24, 2.45) is 0 Å². The Morgan fingerprint density at radius 2 is 1.40 bits per heavy atom. The zero-order chi connectivity index (χ0) is 18.1. The second-order valence-electron chi connectivity index (χ2n) is 5.13. The average molecular weight is 404 g/mol. The van der Waals surface area contributed by atoms with E-state index < -0.39 is 0 Å². The van der Waals surface area contributed by atoms with E-state index in [4.69, 9.17) is 0 Å². The monoisotopic (exact) mass is 403 g/mol. The predicted octanol–water partition coefficient (Wildman–Crippen LogP) is 1.73. The topological polar surface area (TPSA) is 87.3 Å². The molecule has 130 valence electrons. The lowest BCUT2D eigenvalue weighted by atomic mass is 10.2. The molecule has 2 aromatic rings. The molecule has 0 aliphatic heterocycles. The van der Waals surface area contributed by atoms with Gasteiger partial charge in [0.05, 0.1) is 12.1 Å². The summed E-state index contributed by atoms with van der Waals surface area (Å²) in [6.07, 6.45) is 0. The van der Waals surface area contributed by atoms with Crippen LogP contribution < -0.4 is 16.0 Å². The lowest BCUT2D eigenvalue weighted by molar-refractivity contribution is -0.120. The summed E-state index contributed by atoms with van der Waals surface area (Å²) in [7, 11) is 0. The maximum absolute atomic E-state index is 12.0. The van der Waals surface area contributed by atoms with Gasteiger partial charge in [-0.25, -0.2) is 0 Å². The van der Waals surface area contributed by atoms with Crippen LogP contribution in [0.2, 0.25) is 0 Å². The Labute approximate surface area is 154 Å². The highest BCUT2D eigenvalue weighted by Crippen LogP contribution is 2.15. The fourth-order valence-electron chi connectivity index (χ4n) is 2.03. The van der Waals surface area contributed by atoms with Gasteiger partial charge >= 0.3 is 0 Å². The number of benzene rings is 2. The Balaban J connectivity index is 1.65. The first-order valence-corrected chi connectivity index (χ1v) is 8.50. The zero-order valence-electron chi connectivity index (χ0n) is 13.4. The summed E-state index contributed by atoms with van der Waals surface area (Å²) in [5.41, 5.74) is 1.03. The second-order valence-corrected chi connectivity index (χ2v) is 5.99. The zero-order valence-corrected chi connectivity index (χ0v) is 15.0. The minimum Gasteiger partial charge on any atom is -0.353 e. The second kappa shape index (κ2) is 9.58. The van der Waals surface area contributed by atoms with Crippen LogP contribution in [0.25, 0.3) is 0 Å². The lowest BCUT2D eigenvalue weighted by Crippen LogP contribution is -2.40. The van der Waals surface area contributed by atoms with Crippen LogP contribution in [-0.2, 0) is 4.79 Å². The number of hydrogen-bond donors (Lipinski definition) is 3.